The fourth-order valence-electron chi connectivity index (χ4n) is 5.11. The van der Waals surface area contributed by atoms with Gasteiger partial charge in [-0.05, 0) is 42.9 Å². The van der Waals surface area contributed by atoms with Gasteiger partial charge in [-0.3, -0.25) is 0 Å². The maximum atomic E-state index is 12.8. The number of fused-ring (bicyclic) bond motifs is 5. The molecule has 3 heteroatoms. The van der Waals surface area contributed by atoms with Crippen molar-refractivity contribution in [1.82, 2.24) is 0 Å². The highest BCUT2D eigenvalue weighted by molar-refractivity contribution is 5.92. The lowest BCUT2D eigenvalue weighted by atomic mass is 9.87. The highest BCUT2D eigenvalue weighted by Gasteiger charge is 2.54. The van der Waals surface area contributed by atoms with E-state index in [-0.39, 0.29) is 36.1 Å². The molecule has 0 amide bonds. The van der Waals surface area contributed by atoms with E-state index in [2.05, 4.69) is 43.3 Å². The van der Waals surface area contributed by atoms with Crippen LogP contribution in [0.15, 0.2) is 78.4 Å². The topological polar surface area (TPSA) is 35.5 Å². The van der Waals surface area contributed by atoms with Crippen molar-refractivity contribution in [3.05, 3.63) is 95.1 Å². The Morgan fingerprint density at radius 2 is 1.62 bits per heavy atom. The molecule has 2 aromatic carbocycles. The number of esters is 1. The first-order valence-corrected chi connectivity index (χ1v) is 10.6. The van der Waals surface area contributed by atoms with E-state index in [1.54, 1.807) is 0 Å². The van der Waals surface area contributed by atoms with Gasteiger partial charge in [0.2, 0.25) is 0 Å². The maximum absolute atomic E-state index is 12.8. The van der Waals surface area contributed by atoms with Crippen molar-refractivity contribution in [2.75, 3.05) is 0 Å². The minimum absolute atomic E-state index is 0.0530. The fraction of sp³-hybridized carbons (Fsp3) is 0.346. The molecule has 3 nitrogen and oxygen atoms in total. The molecule has 0 N–H and O–H groups in total. The molecule has 2 aromatic rings. The average molecular weight is 386 g/mol. The zero-order valence-electron chi connectivity index (χ0n) is 16.7. The van der Waals surface area contributed by atoms with E-state index < -0.39 is 0 Å². The summed E-state index contributed by atoms with van der Waals surface area (Å²) >= 11 is 0. The van der Waals surface area contributed by atoms with Crippen LogP contribution in [0.4, 0.5) is 0 Å². The molecule has 1 saturated carbocycles. The Labute approximate surface area is 172 Å². The normalized spacial score (nSPS) is 28.0. The molecule has 0 spiro atoms. The second-order valence-corrected chi connectivity index (χ2v) is 8.24. The maximum Gasteiger partial charge on any atom is 0.338 e. The van der Waals surface area contributed by atoms with Crippen LogP contribution in [0.1, 0.15) is 60.8 Å². The third-order valence-corrected chi connectivity index (χ3v) is 6.52. The molecule has 2 bridgehead atoms. The lowest BCUT2D eigenvalue weighted by Gasteiger charge is -2.34. The summed E-state index contributed by atoms with van der Waals surface area (Å²) in [5, 5.41) is 0. The number of rotatable bonds is 5. The molecule has 3 unspecified atom stereocenters. The Morgan fingerprint density at radius 1 is 0.931 bits per heavy atom. The summed E-state index contributed by atoms with van der Waals surface area (Å²) in [7, 11) is 0. The SMILES string of the molecule is CC(O[C@H]1C2CC(c3ccccc32)[C@@H]1OC(=O)C1=CCCC=C1)c1ccccc1. The van der Waals surface area contributed by atoms with Gasteiger partial charge in [0, 0.05) is 11.8 Å². The molecule has 5 rings (SSSR count). The second-order valence-electron chi connectivity index (χ2n) is 8.24. The molecule has 5 atom stereocenters. The van der Waals surface area contributed by atoms with Gasteiger partial charge in [0.15, 0.2) is 0 Å². The van der Waals surface area contributed by atoms with Crippen LogP contribution in [0.5, 0.6) is 0 Å². The Morgan fingerprint density at radius 3 is 2.31 bits per heavy atom. The molecule has 1 fully saturated rings. The molecule has 0 aromatic heterocycles. The predicted molar refractivity (Wildman–Crippen MR) is 113 cm³/mol. The van der Waals surface area contributed by atoms with E-state index in [1.165, 1.54) is 11.1 Å². The van der Waals surface area contributed by atoms with Crippen LogP contribution in [-0.4, -0.2) is 18.2 Å². The van der Waals surface area contributed by atoms with E-state index in [9.17, 15) is 4.79 Å². The molecule has 3 aliphatic carbocycles. The molecule has 0 radical (unpaired) electrons. The smallest absolute Gasteiger partial charge is 0.338 e. The summed E-state index contributed by atoms with van der Waals surface area (Å²) in [6.07, 6.45) is 8.34. The van der Waals surface area contributed by atoms with Gasteiger partial charge in [0.1, 0.15) is 12.2 Å². The molecular weight excluding hydrogens is 360 g/mol. The van der Waals surface area contributed by atoms with Crippen LogP contribution < -0.4 is 0 Å². The van der Waals surface area contributed by atoms with Gasteiger partial charge in [0.05, 0.1) is 11.7 Å². The largest absolute Gasteiger partial charge is 0.455 e. The van der Waals surface area contributed by atoms with Gasteiger partial charge >= 0.3 is 5.97 Å². The van der Waals surface area contributed by atoms with Crippen molar-refractivity contribution in [1.29, 1.82) is 0 Å². The number of carbonyl (C=O) groups is 1. The van der Waals surface area contributed by atoms with Crippen molar-refractivity contribution in [2.24, 2.45) is 0 Å². The first-order chi connectivity index (χ1) is 14.2. The zero-order chi connectivity index (χ0) is 19.8. The molecule has 0 saturated heterocycles. The monoisotopic (exact) mass is 386 g/mol. The quantitative estimate of drug-likeness (QED) is 0.627. The van der Waals surface area contributed by atoms with Crippen molar-refractivity contribution >= 4 is 5.97 Å². The molecular formula is C26H26O3. The van der Waals surface area contributed by atoms with E-state index >= 15 is 0 Å². The van der Waals surface area contributed by atoms with Crippen molar-refractivity contribution in [3.8, 4) is 0 Å². The Bertz CT molecular complexity index is 959. The molecule has 0 heterocycles. The summed E-state index contributed by atoms with van der Waals surface area (Å²) < 4.78 is 12.7. The molecule has 3 aliphatic rings. The zero-order valence-corrected chi connectivity index (χ0v) is 16.7. The average Bonchev–Trinajstić information content (AvgIpc) is 3.32. The van der Waals surface area contributed by atoms with Crippen LogP contribution in [0.25, 0.3) is 0 Å². The molecule has 0 aliphatic heterocycles. The van der Waals surface area contributed by atoms with E-state index in [1.807, 2.05) is 36.4 Å². The highest BCUT2D eigenvalue weighted by Crippen LogP contribution is 2.56. The lowest BCUT2D eigenvalue weighted by Crippen LogP contribution is -2.38. The Hall–Kier alpha value is -2.65. The predicted octanol–water partition coefficient (Wildman–Crippen LogP) is 5.61. The summed E-state index contributed by atoms with van der Waals surface area (Å²) in [6.45, 7) is 2.08. The second kappa shape index (κ2) is 7.64. The van der Waals surface area contributed by atoms with E-state index in [0.29, 0.717) is 5.57 Å². The Balaban J connectivity index is 1.42. The summed E-state index contributed by atoms with van der Waals surface area (Å²) in [4.78, 5) is 12.8. The number of carbonyl (C=O) groups excluding carboxylic acids is 1. The number of hydrogen-bond donors (Lipinski definition) is 0. The molecule has 148 valence electrons. The van der Waals surface area contributed by atoms with Gasteiger partial charge in [-0.1, -0.05) is 72.8 Å². The first-order valence-electron chi connectivity index (χ1n) is 10.6. The van der Waals surface area contributed by atoms with Gasteiger partial charge in [-0.15, -0.1) is 0 Å². The standard InChI is InChI=1S/C26H26O3/c1-17(18-10-4-2-5-11-18)28-24-22-16-23(21-15-9-8-14-20(21)22)25(24)29-26(27)19-12-6-3-7-13-19/h2,4-6,8-15,17,22-25H,3,7,16H2,1H3/t17?,22?,23?,24-,25-/m0/s1. The number of ether oxygens (including phenoxy) is 2. The van der Waals surface area contributed by atoms with Crippen LogP contribution in [-0.2, 0) is 14.3 Å². The minimum atomic E-state index is -0.246. The lowest BCUT2D eigenvalue weighted by molar-refractivity contribution is -0.155. The fourth-order valence-corrected chi connectivity index (χ4v) is 5.11. The summed E-state index contributed by atoms with van der Waals surface area (Å²) in [5.41, 5.74) is 4.48. The molecule has 29 heavy (non-hydrogen) atoms. The van der Waals surface area contributed by atoms with Crippen molar-refractivity contribution < 1.29 is 14.3 Å². The highest BCUT2D eigenvalue weighted by atomic mass is 16.6. The van der Waals surface area contributed by atoms with Crippen LogP contribution in [0.3, 0.4) is 0 Å². The van der Waals surface area contributed by atoms with Crippen LogP contribution in [0, 0.1) is 0 Å². The third kappa shape index (κ3) is 3.34. The number of hydrogen-bond acceptors (Lipinski definition) is 3. The van der Waals surface area contributed by atoms with Gasteiger partial charge in [-0.25, -0.2) is 4.79 Å². The van der Waals surface area contributed by atoms with Crippen molar-refractivity contribution in [3.63, 3.8) is 0 Å². The van der Waals surface area contributed by atoms with E-state index in [4.69, 9.17) is 9.47 Å². The summed E-state index contributed by atoms with van der Waals surface area (Å²) in [6, 6.07) is 18.8. The van der Waals surface area contributed by atoms with Gasteiger partial charge in [-0.2, -0.15) is 0 Å². The summed E-state index contributed by atoms with van der Waals surface area (Å²) in [5.74, 6) is 0.259. The van der Waals surface area contributed by atoms with Gasteiger partial charge < -0.3 is 9.47 Å². The third-order valence-electron chi connectivity index (χ3n) is 6.52. The van der Waals surface area contributed by atoms with Crippen molar-refractivity contribution in [2.45, 2.75) is 56.3 Å². The number of allylic oxidation sites excluding steroid dienone is 2. The first kappa shape index (κ1) is 18.4. The van der Waals surface area contributed by atoms with E-state index in [0.717, 1.165) is 24.8 Å². The number of benzene rings is 2. The van der Waals surface area contributed by atoms with Crippen LogP contribution >= 0.6 is 0 Å². The van der Waals surface area contributed by atoms with Crippen LogP contribution in [0.2, 0.25) is 0 Å². The minimum Gasteiger partial charge on any atom is -0.455 e. The van der Waals surface area contributed by atoms with Gasteiger partial charge in [0.25, 0.3) is 0 Å². The Kier molecular flexibility index (Phi) is 4.84.